The van der Waals surface area contributed by atoms with Gasteiger partial charge in [-0.2, -0.15) is 5.26 Å². The topological polar surface area (TPSA) is 90.4 Å². The Kier molecular flexibility index (Phi) is 5.38. The lowest BCUT2D eigenvalue weighted by atomic mass is 9.65. The summed E-state index contributed by atoms with van der Waals surface area (Å²) in [5.74, 6) is 0.290. The number of nitro groups is 1. The molecular formula is C19H27N3O3. The average molecular weight is 345 g/mol. The zero-order chi connectivity index (χ0) is 18.8. The number of benzene rings is 1. The smallest absolute Gasteiger partial charge is 0.292 e. The van der Waals surface area contributed by atoms with Gasteiger partial charge in [0.1, 0.15) is 5.69 Å². The highest BCUT2D eigenvalue weighted by Crippen LogP contribution is 2.45. The SMILES string of the molecule is CC(C)CN(CC(C)(C)O)c1ccc(C2(C#N)CCC2)cc1[N+](=O)[O-]. The predicted octanol–water partition coefficient (Wildman–Crippen LogP) is 3.77. The van der Waals surface area contributed by atoms with E-state index < -0.39 is 11.0 Å². The maximum absolute atomic E-state index is 11.7. The summed E-state index contributed by atoms with van der Waals surface area (Å²) in [6.07, 6.45) is 2.47. The minimum absolute atomic E-state index is 0.00363. The first-order valence-corrected chi connectivity index (χ1v) is 8.75. The van der Waals surface area contributed by atoms with Gasteiger partial charge in [-0.25, -0.2) is 0 Å². The van der Waals surface area contributed by atoms with Gasteiger partial charge in [0.05, 0.1) is 22.0 Å². The Labute approximate surface area is 149 Å². The third kappa shape index (κ3) is 4.29. The Bertz CT molecular complexity index is 682. The molecule has 1 aromatic rings. The van der Waals surface area contributed by atoms with Gasteiger partial charge in [0.25, 0.3) is 5.69 Å². The van der Waals surface area contributed by atoms with Crippen molar-refractivity contribution in [2.24, 2.45) is 5.92 Å². The fourth-order valence-corrected chi connectivity index (χ4v) is 3.39. The number of nitrogens with zero attached hydrogens (tertiary/aromatic N) is 3. The van der Waals surface area contributed by atoms with E-state index >= 15 is 0 Å². The average Bonchev–Trinajstić information content (AvgIpc) is 2.44. The number of nitriles is 1. The van der Waals surface area contributed by atoms with E-state index in [1.54, 1.807) is 26.0 Å². The van der Waals surface area contributed by atoms with Crippen molar-refractivity contribution in [3.05, 3.63) is 33.9 Å². The van der Waals surface area contributed by atoms with E-state index in [0.29, 0.717) is 24.7 Å². The van der Waals surface area contributed by atoms with Crippen molar-refractivity contribution in [1.82, 2.24) is 0 Å². The Morgan fingerprint density at radius 2 is 2.08 bits per heavy atom. The number of rotatable bonds is 7. The first-order valence-electron chi connectivity index (χ1n) is 8.75. The summed E-state index contributed by atoms with van der Waals surface area (Å²) in [7, 11) is 0. The largest absolute Gasteiger partial charge is 0.389 e. The summed E-state index contributed by atoms with van der Waals surface area (Å²) in [6.45, 7) is 8.37. The Hall–Kier alpha value is -2.13. The standard InChI is InChI=1S/C19H27N3O3/c1-14(2)11-21(13-18(3,4)23)16-7-6-15(10-17(16)22(24)25)19(12-20)8-5-9-19/h6-7,10,14,23H,5,8-9,11,13H2,1-4H3. The Balaban J connectivity index is 2.47. The van der Waals surface area contributed by atoms with Crippen LogP contribution >= 0.6 is 0 Å². The second kappa shape index (κ2) is 7.01. The van der Waals surface area contributed by atoms with Crippen LogP contribution in [-0.4, -0.2) is 28.7 Å². The zero-order valence-electron chi connectivity index (χ0n) is 15.5. The monoisotopic (exact) mass is 345 g/mol. The number of nitro benzene ring substituents is 1. The van der Waals surface area contributed by atoms with Crippen LogP contribution in [0.15, 0.2) is 18.2 Å². The van der Waals surface area contributed by atoms with E-state index in [-0.39, 0.29) is 10.6 Å². The molecule has 1 fully saturated rings. The molecule has 1 aromatic carbocycles. The molecular weight excluding hydrogens is 318 g/mol. The molecule has 1 aliphatic rings. The quantitative estimate of drug-likeness (QED) is 0.600. The Morgan fingerprint density at radius 1 is 1.44 bits per heavy atom. The van der Waals surface area contributed by atoms with Crippen LogP contribution in [-0.2, 0) is 5.41 Å². The van der Waals surface area contributed by atoms with Gasteiger partial charge < -0.3 is 10.0 Å². The summed E-state index contributed by atoms with van der Waals surface area (Å²) in [5, 5.41) is 31.4. The van der Waals surface area contributed by atoms with Gasteiger partial charge in [-0.05, 0) is 50.7 Å². The van der Waals surface area contributed by atoms with Gasteiger partial charge in [0, 0.05) is 19.2 Å². The van der Waals surface area contributed by atoms with Gasteiger partial charge >= 0.3 is 0 Å². The van der Waals surface area contributed by atoms with Crippen molar-refractivity contribution >= 4 is 11.4 Å². The van der Waals surface area contributed by atoms with Gasteiger partial charge in [0.15, 0.2) is 0 Å². The van der Waals surface area contributed by atoms with Gasteiger partial charge in [-0.1, -0.05) is 19.9 Å². The van der Waals surface area contributed by atoms with Crippen LogP contribution in [0.2, 0.25) is 0 Å². The highest BCUT2D eigenvalue weighted by molar-refractivity contribution is 5.66. The van der Waals surface area contributed by atoms with Crippen molar-refractivity contribution in [3.8, 4) is 6.07 Å². The summed E-state index contributed by atoms with van der Waals surface area (Å²) >= 11 is 0. The molecule has 0 unspecified atom stereocenters. The van der Waals surface area contributed by atoms with Crippen LogP contribution in [0.25, 0.3) is 0 Å². The first-order chi connectivity index (χ1) is 11.6. The summed E-state index contributed by atoms with van der Waals surface area (Å²) in [4.78, 5) is 13.2. The lowest BCUT2D eigenvalue weighted by Crippen LogP contribution is -2.41. The van der Waals surface area contributed by atoms with Crippen LogP contribution in [0.5, 0.6) is 0 Å². The number of hydrogen-bond donors (Lipinski definition) is 1. The van der Waals surface area contributed by atoms with E-state index in [4.69, 9.17) is 0 Å². The molecule has 0 heterocycles. The highest BCUT2D eigenvalue weighted by Gasteiger charge is 2.40. The van der Waals surface area contributed by atoms with E-state index in [1.165, 1.54) is 0 Å². The van der Waals surface area contributed by atoms with Gasteiger partial charge in [-0.15, -0.1) is 0 Å². The molecule has 0 spiro atoms. The molecule has 0 radical (unpaired) electrons. The van der Waals surface area contributed by atoms with E-state index in [1.807, 2.05) is 24.8 Å². The van der Waals surface area contributed by atoms with Crippen molar-refractivity contribution in [2.45, 2.75) is 58.0 Å². The maximum atomic E-state index is 11.7. The predicted molar refractivity (Wildman–Crippen MR) is 97.6 cm³/mol. The first kappa shape index (κ1) is 19.2. The lowest BCUT2D eigenvalue weighted by molar-refractivity contribution is -0.384. The molecule has 25 heavy (non-hydrogen) atoms. The van der Waals surface area contributed by atoms with Crippen molar-refractivity contribution in [2.75, 3.05) is 18.0 Å². The zero-order valence-corrected chi connectivity index (χ0v) is 15.5. The van der Waals surface area contributed by atoms with Gasteiger partial charge in [0.2, 0.25) is 0 Å². The fourth-order valence-electron chi connectivity index (χ4n) is 3.39. The van der Waals surface area contributed by atoms with E-state index in [2.05, 4.69) is 6.07 Å². The van der Waals surface area contributed by atoms with Crippen molar-refractivity contribution in [3.63, 3.8) is 0 Å². The molecule has 0 aromatic heterocycles. The third-order valence-electron chi connectivity index (χ3n) is 4.65. The molecule has 0 amide bonds. The summed E-state index contributed by atoms with van der Waals surface area (Å²) < 4.78 is 0. The second-order valence-corrected chi connectivity index (χ2v) is 8.09. The summed E-state index contributed by atoms with van der Waals surface area (Å²) in [6, 6.07) is 7.46. The van der Waals surface area contributed by atoms with Crippen LogP contribution < -0.4 is 4.90 Å². The van der Waals surface area contributed by atoms with Crippen molar-refractivity contribution in [1.29, 1.82) is 5.26 Å². The number of aliphatic hydroxyl groups is 1. The molecule has 136 valence electrons. The molecule has 1 aliphatic carbocycles. The minimum Gasteiger partial charge on any atom is -0.389 e. The molecule has 1 saturated carbocycles. The van der Waals surface area contributed by atoms with Gasteiger partial charge in [-0.3, -0.25) is 10.1 Å². The molecule has 0 saturated heterocycles. The molecule has 1 N–H and O–H groups in total. The van der Waals surface area contributed by atoms with Crippen LogP contribution in [0.4, 0.5) is 11.4 Å². The molecule has 0 bridgehead atoms. The maximum Gasteiger partial charge on any atom is 0.292 e. The molecule has 6 nitrogen and oxygen atoms in total. The van der Waals surface area contributed by atoms with Crippen LogP contribution in [0.1, 0.15) is 52.5 Å². The second-order valence-electron chi connectivity index (χ2n) is 8.09. The Morgan fingerprint density at radius 3 is 2.48 bits per heavy atom. The summed E-state index contributed by atoms with van der Waals surface area (Å²) in [5.41, 5.74) is -0.323. The molecule has 6 heteroatoms. The third-order valence-corrected chi connectivity index (χ3v) is 4.65. The highest BCUT2D eigenvalue weighted by atomic mass is 16.6. The van der Waals surface area contributed by atoms with Crippen molar-refractivity contribution < 1.29 is 10.0 Å². The van der Waals surface area contributed by atoms with E-state index in [0.717, 1.165) is 24.8 Å². The van der Waals surface area contributed by atoms with E-state index in [9.17, 15) is 20.5 Å². The van der Waals surface area contributed by atoms with Crippen LogP contribution in [0.3, 0.4) is 0 Å². The minimum atomic E-state index is -0.969. The fraction of sp³-hybridized carbons (Fsp3) is 0.632. The molecule has 0 atom stereocenters. The lowest BCUT2D eigenvalue weighted by Gasteiger charge is -2.36. The van der Waals surface area contributed by atoms with Crippen LogP contribution in [0, 0.1) is 27.4 Å². The number of hydrogen-bond acceptors (Lipinski definition) is 5. The normalized spacial score (nSPS) is 16.2. The molecule has 2 rings (SSSR count). The number of anilines is 1. The molecule has 0 aliphatic heterocycles.